The second kappa shape index (κ2) is 13.9. The summed E-state index contributed by atoms with van der Waals surface area (Å²) in [4.78, 5) is 69.3. The number of carbonyl (C=O) groups is 6. The fourth-order valence-corrected chi connectivity index (χ4v) is 3.45. The lowest BCUT2D eigenvalue weighted by Crippen LogP contribution is -2.54. The molecule has 9 nitrogen and oxygen atoms in total. The van der Waals surface area contributed by atoms with Gasteiger partial charge in [0.1, 0.15) is 37.2 Å². The van der Waals surface area contributed by atoms with Crippen LogP contribution in [0.4, 0.5) is 0 Å². The van der Waals surface area contributed by atoms with E-state index in [4.69, 9.17) is 14.2 Å². The number of rotatable bonds is 13. The lowest BCUT2D eigenvalue weighted by molar-refractivity contribution is -0.191. The fourth-order valence-electron chi connectivity index (χ4n) is 3.45. The predicted octanol–water partition coefficient (Wildman–Crippen LogP) is 2.61. The zero-order valence-corrected chi connectivity index (χ0v) is 20.1. The molecule has 0 aromatic carbocycles. The predicted molar refractivity (Wildman–Crippen MR) is 119 cm³/mol. The largest absolute Gasteiger partial charge is 0.458 e. The van der Waals surface area contributed by atoms with E-state index in [-0.39, 0.29) is 23.1 Å². The Hall–Kier alpha value is -3.36. The standard InChI is InChI=1S/C24H32O9/c1-8-24(18(5)31-21(28)15(2)9-12-25,19(6)32-22(29)16(3)10-13-26)20(7)33-23(30)17(4)11-14-27/h9-14,18-20H,8H2,1-7H3. The van der Waals surface area contributed by atoms with Gasteiger partial charge in [-0.15, -0.1) is 0 Å². The molecule has 0 fully saturated rings. The van der Waals surface area contributed by atoms with Gasteiger partial charge in [-0.3, -0.25) is 14.4 Å². The van der Waals surface area contributed by atoms with Crippen LogP contribution in [0.25, 0.3) is 0 Å². The molecule has 0 amide bonds. The fraction of sp³-hybridized carbons (Fsp3) is 0.500. The molecular weight excluding hydrogens is 432 g/mol. The molecule has 3 atom stereocenters. The minimum absolute atomic E-state index is 0.0608. The van der Waals surface area contributed by atoms with Crippen LogP contribution in [-0.2, 0) is 43.0 Å². The van der Waals surface area contributed by atoms with Gasteiger partial charge >= 0.3 is 17.9 Å². The van der Waals surface area contributed by atoms with E-state index in [1.54, 1.807) is 27.7 Å². The molecule has 0 aliphatic heterocycles. The van der Waals surface area contributed by atoms with Crippen molar-refractivity contribution >= 4 is 36.8 Å². The first-order chi connectivity index (χ1) is 15.4. The average Bonchev–Trinajstić information content (AvgIpc) is 2.74. The molecule has 0 rings (SSSR count). The third-order valence-corrected chi connectivity index (χ3v) is 5.65. The molecule has 0 radical (unpaired) electrons. The Bertz CT molecular complexity index is 741. The molecule has 9 heteroatoms. The molecule has 0 aliphatic rings. The molecule has 0 saturated carbocycles. The normalized spacial score (nSPS) is 17.0. The van der Waals surface area contributed by atoms with Crippen molar-refractivity contribution in [1.82, 2.24) is 0 Å². The SMILES string of the molecule is CCC(C(C)OC(=O)C(C)=CC=O)(C(C)OC(=O)C(C)=CC=O)C(C)OC(=O)C(C)=CC=O. The summed E-state index contributed by atoms with van der Waals surface area (Å²) < 4.78 is 16.7. The van der Waals surface area contributed by atoms with Crippen molar-refractivity contribution in [2.24, 2.45) is 5.41 Å². The first-order valence-electron chi connectivity index (χ1n) is 10.4. The Morgan fingerprint density at radius 2 is 0.879 bits per heavy atom. The number of ether oxygens (including phenoxy) is 3. The van der Waals surface area contributed by atoms with Crippen LogP contribution < -0.4 is 0 Å². The minimum atomic E-state index is -1.22. The van der Waals surface area contributed by atoms with Gasteiger partial charge in [0.2, 0.25) is 0 Å². The van der Waals surface area contributed by atoms with Crippen LogP contribution in [0, 0.1) is 5.41 Å². The number of carbonyl (C=O) groups excluding carboxylic acids is 6. The summed E-state index contributed by atoms with van der Waals surface area (Å²) in [5.41, 5.74) is -1.03. The monoisotopic (exact) mass is 464 g/mol. The summed E-state index contributed by atoms with van der Waals surface area (Å²) in [7, 11) is 0. The smallest absolute Gasteiger partial charge is 0.334 e. The van der Waals surface area contributed by atoms with E-state index in [1.165, 1.54) is 20.8 Å². The number of aldehydes is 3. The van der Waals surface area contributed by atoms with E-state index in [9.17, 15) is 28.8 Å². The van der Waals surface area contributed by atoms with Crippen LogP contribution in [0.15, 0.2) is 34.9 Å². The Morgan fingerprint density at radius 1 is 0.636 bits per heavy atom. The highest BCUT2D eigenvalue weighted by Gasteiger charge is 2.50. The van der Waals surface area contributed by atoms with Crippen molar-refractivity contribution in [1.29, 1.82) is 0 Å². The minimum Gasteiger partial charge on any atom is -0.458 e. The van der Waals surface area contributed by atoms with Gasteiger partial charge in [-0.25, -0.2) is 14.4 Å². The topological polar surface area (TPSA) is 130 Å². The maximum absolute atomic E-state index is 12.4. The van der Waals surface area contributed by atoms with E-state index in [2.05, 4.69) is 0 Å². The third-order valence-electron chi connectivity index (χ3n) is 5.65. The first-order valence-corrected chi connectivity index (χ1v) is 10.4. The van der Waals surface area contributed by atoms with Crippen molar-refractivity contribution in [2.45, 2.75) is 73.2 Å². The lowest BCUT2D eigenvalue weighted by Gasteiger charge is -2.45. The van der Waals surface area contributed by atoms with Gasteiger partial charge in [-0.05, 0) is 66.2 Å². The van der Waals surface area contributed by atoms with E-state index in [0.717, 1.165) is 18.2 Å². The third kappa shape index (κ3) is 7.93. The van der Waals surface area contributed by atoms with Crippen LogP contribution in [0.3, 0.4) is 0 Å². The zero-order valence-electron chi connectivity index (χ0n) is 20.1. The van der Waals surface area contributed by atoms with Crippen molar-refractivity contribution in [2.75, 3.05) is 0 Å². The van der Waals surface area contributed by atoms with Gasteiger partial charge in [0, 0.05) is 16.7 Å². The van der Waals surface area contributed by atoms with Crippen LogP contribution in [0.1, 0.15) is 54.9 Å². The summed E-state index contributed by atoms with van der Waals surface area (Å²) >= 11 is 0. The number of allylic oxidation sites excluding steroid dienone is 3. The highest BCUT2D eigenvalue weighted by molar-refractivity contribution is 5.93. The summed E-state index contributed by atoms with van der Waals surface area (Å²) in [5, 5.41) is 0. The second-order valence-electron chi connectivity index (χ2n) is 7.57. The van der Waals surface area contributed by atoms with Crippen LogP contribution in [0.5, 0.6) is 0 Å². The maximum atomic E-state index is 12.4. The van der Waals surface area contributed by atoms with Crippen molar-refractivity contribution in [3.8, 4) is 0 Å². The molecule has 0 bridgehead atoms. The van der Waals surface area contributed by atoms with Crippen molar-refractivity contribution in [3.63, 3.8) is 0 Å². The average molecular weight is 465 g/mol. The van der Waals surface area contributed by atoms with Gasteiger partial charge < -0.3 is 14.2 Å². The van der Waals surface area contributed by atoms with E-state index in [1.807, 2.05) is 0 Å². The molecule has 182 valence electrons. The molecule has 0 aromatic heterocycles. The molecule has 0 aromatic rings. The Balaban J connectivity index is 6.27. The second-order valence-corrected chi connectivity index (χ2v) is 7.57. The molecular formula is C24H32O9. The van der Waals surface area contributed by atoms with Crippen molar-refractivity contribution in [3.05, 3.63) is 34.9 Å². The van der Waals surface area contributed by atoms with Crippen LogP contribution in [-0.4, -0.2) is 55.1 Å². The van der Waals surface area contributed by atoms with E-state index in [0.29, 0.717) is 18.9 Å². The van der Waals surface area contributed by atoms with Gasteiger partial charge in [0.05, 0.1) is 5.41 Å². The molecule has 33 heavy (non-hydrogen) atoms. The van der Waals surface area contributed by atoms with Gasteiger partial charge in [0.25, 0.3) is 0 Å². The summed E-state index contributed by atoms with van der Waals surface area (Å²) in [5.74, 6) is -2.30. The van der Waals surface area contributed by atoms with Gasteiger partial charge in [0.15, 0.2) is 0 Å². The summed E-state index contributed by atoms with van der Waals surface area (Å²) in [6.07, 6.45) is 1.93. The van der Waals surface area contributed by atoms with Crippen LogP contribution in [0.2, 0.25) is 0 Å². The highest BCUT2D eigenvalue weighted by Crippen LogP contribution is 2.40. The molecule has 0 saturated heterocycles. The van der Waals surface area contributed by atoms with Gasteiger partial charge in [-0.1, -0.05) is 6.92 Å². The Labute approximate surface area is 193 Å². The molecule has 3 unspecified atom stereocenters. The molecule has 0 aliphatic carbocycles. The molecule has 0 spiro atoms. The van der Waals surface area contributed by atoms with E-state index >= 15 is 0 Å². The van der Waals surface area contributed by atoms with Crippen molar-refractivity contribution < 1.29 is 43.0 Å². The number of hydrogen-bond donors (Lipinski definition) is 0. The van der Waals surface area contributed by atoms with Gasteiger partial charge in [-0.2, -0.15) is 0 Å². The van der Waals surface area contributed by atoms with E-state index < -0.39 is 41.6 Å². The number of esters is 3. The number of hydrogen-bond acceptors (Lipinski definition) is 9. The summed E-state index contributed by atoms with van der Waals surface area (Å²) in [6.45, 7) is 10.7. The lowest BCUT2D eigenvalue weighted by atomic mass is 9.71. The molecule has 0 heterocycles. The molecule has 0 N–H and O–H groups in total. The highest BCUT2D eigenvalue weighted by atomic mass is 16.6. The maximum Gasteiger partial charge on any atom is 0.334 e. The van der Waals surface area contributed by atoms with Crippen LogP contribution >= 0.6 is 0 Å². The quantitative estimate of drug-likeness (QED) is 0.175. The first kappa shape index (κ1) is 29.6. The Kier molecular flexibility index (Phi) is 12.5. The summed E-state index contributed by atoms with van der Waals surface area (Å²) in [6, 6.07) is 0. The zero-order chi connectivity index (χ0) is 25.8. The Morgan fingerprint density at radius 3 is 1.06 bits per heavy atom.